The van der Waals surface area contributed by atoms with Crippen LogP contribution in [0.1, 0.15) is 77.0 Å². The Bertz CT molecular complexity index is 615. The van der Waals surface area contributed by atoms with E-state index in [4.69, 9.17) is 0 Å². The zero-order chi connectivity index (χ0) is 19.5. The van der Waals surface area contributed by atoms with E-state index in [0.717, 1.165) is 17.7 Å². The Morgan fingerprint density at radius 3 is 1.64 bits per heavy atom. The highest BCUT2D eigenvalue weighted by Crippen LogP contribution is 2.70. The Kier molecular flexibility index (Phi) is 6.63. The van der Waals surface area contributed by atoms with Crippen molar-refractivity contribution in [2.75, 3.05) is 14.1 Å². The Balaban J connectivity index is 1.82. The summed E-state index contributed by atoms with van der Waals surface area (Å²) >= 11 is 0. The van der Waals surface area contributed by atoms with Gasteiger partial charge in [-0.15, -0.1) is 0 Å². The predicted octanol–water partition coefficient (Wildman–Crippen LogP) is 7.21. The molecule has 2 fully saturated rings. The monoisotopic (exact) mass is 397 g/mol. The Labute approximate surface area is 174 Å². The lowest BCUT2D eigenvalue weighted by molar-refractivity contribution is 0.167. The third kappa shape index (κ3) is 3.63. The minimum absolute atomic E-state index is 0.0682. The Morgan fingerprint density at radius 2 is 1.21 bits per heavy atom. The summed E-state index contributed by atoms with van der Waals surface area (Å²) in [6.45, 7) is 0. The van der Waals surface area contributed by atoms with Crippen LogP contribution in [0.2, 0.25) is 0 Å². The molecule has 0 spiro atoms. The minimum Gasteiger partial charge on any atom is -0.299 e. The maximum absolute atomic E-state index is 2.70. The normalized spacial score (nSPS) is 34.6. The maximum Gasteiger partial charge on any atom is 0.0557 e. The molecule has 0 bridgehead atoms. The summed E-state index contributed by atoms with van der Waals surface area (Å²) in [6, 6.07) is 0. The van der Waals surface area contributed by atoms with E-state index in [1.54, 1.807) is 0 Å². The number of likely N-dealkylation sites (N-methyl/N-ethyl adjacent to an activating group) is 1. The topological polar surface area (TPSA) is 3.24 Å². The van der Waals surface area contributed by atoms with Gasteiger partial charge in [-0.3, -0.25) is 4.90 Å². The molecule has 0 aliphatic heterocycles. The van der Waals surface area contributed by atoms with Gasteiger partial charge in [0, 0.05) is 5.16 Å². The molecule has 2 saturated carbocycles. The summed E-state index contributed by atoms with van der Waals surface area (Å²) in [5, 5.41) is 0.284. The zero-order valence-corrected chi connectivity index (χ0v) is 19.0. The average molecular weight is 398 g/mol. The molecule has 1 nitrogen and oxygen atoms in total. The van der Waals surface area contributed by atoms with Crippen LogP contribution in [0.3, 0.4) is 0 Å². The molecule has 0 aromatic rings. The molecule has 0 radical (unpaired) electrons. The molecular formula is C26H40NP. The molecule has 0 N–H and O–H groups in total. The average Bonchev–Trinajstić information content (AvgIpc) is 2.76. The van der Waals surface area contributed by atoms with Crippen molar-refractivity contribution in [2.24, 2.45) is 0 Å². The fraction of sp³-hybridized carbons (Fsp3) is 0.692. The highest BCUT2D eigenvalue weighted by molar-refractivity contribution is 7.61. The van der Waals surface area contributed by atoms with Crippen molar-refractivity contribution < 1.29 is 0 Å². The third-order valence-electron chi connectivity index (χ3n) is 8.04. The smallest absolute Gasteiger partial charge is 0.0557 e. The van der Waals surface area contributed by atoms with Gasteiger partial charge >= 0.3 is 0 Å². The summed E-state index contributed by atoms with van der Waals surface area (Å²) in [5.41, 5.74) is 2.07. The van der Waals surface area contributed by atoms with Gasteiger partial charge in [-0.05, 0) is 63.9 Å². The quantitative estimate of drug-likeness (QED) is 0.443. The van der Waals surface area contributed by atoms with Crippen LogP contribution in [0.25, 0.3) is 0 Å². The standard InChI is InChI=1S/C26H40NP/c1-27(2)25(19-11-5-12-20-25)26(21-13-6-14-22-26)28(23-15-7-3-8-16-23)24-17-9-4-10-18-24/h5-6,11-14,19,21,23-24H,3-4,7-10,15-18,20,22H2,1-2H3. The molecule has 2 heteroatoms. The van der Waals surface area contributed by atoms with E-state index in [1.807, 2.05) is 0 Å². The van der Waals surface area contributed by atoms with Crippen LogP contribution in [0.4, 0.5) is 0 Å². The summed E-state index contributed by atoms with van der Waals surface area (Å²) in [4.78, 5) is 2.58. The molecule has 0 heterocycles. The first-order valence-electron chi connectivity index (χ1n) is 11.8. The van der Waals surface area contributed by atoms with E-state index in [1.165, 1.54) is 70.6 Å². The van der Waals surface area contributed by atoms with Gasteiger partial charge in [-0.2, -0.15) is 0 Å². The molecule has 0 aromatic heterocycles. The van der Waals surface area contributed by atoms with Gasteiger partial charge in [0.2, 0.25) is 0 Å². The van der Waals surface area contributed by atoms with Crippen molar-refractivity contribution in [1.82, 2.24) is 4.90 Å². The predicted molar refractivity (Wildman–Crippen MR) is 126 cm³/mol. The molecule has 4 aliphatic rings. The molecule has 0 saturated heterocycles. The second-order valence-corrected chi connectivity index (χ2v) is 12.8. The lowest BCUT2D eigenvalue weighted by Crippen LogP contribution is -2.61. The lowest BCUT2D eigenvalue weighted by atomic mass is 9.73. The second kappa shape index (κ2) is 9.01. The van der Waals surface area contributed by atoms with Crippen molar-refractivity contribution in [3.8, 4) is 0 Å². The molecule has 2 unspecified atom stereocenters. The minimum atomic E-state index is -0.0682. The van der Waals surface area contributed by atoms with Crippen molar-refractivity contribution in [1.29, 1.82) is 0 Å². The molecule has 4 rings (SSSR count). The fourth-order valence-electron chi connectivity index (χ4n) is 6.66. The maximum atomic E-state index is 2.70. The van der Waals surface area contributed by atoms with Crippen LogP contribution >= 0.6 is 7.92 Å². The van der Waals surface area contributed by atoms with E-state index in [0.29, 0.717) is 0 Å². The molecule has 2 atom stereocenters. The van der Waals surface area contributed by atoms with Crippen molar-refractivity contribution in [2.45, 2.75) is 99.1 Å². The van der Waals surface area contributed by atoms with Crippen molar-refractivity contribution in [3.63, 3.8) is 0 Å². The molecule has 0 amide bonds. The molecule has 4 aliphatic carbocycles. The van der Waals surface area contributed by atoms with Crippen molar-refractivity contribution >= 4 is 7.92 Å². The first-order chi connectivity index (χ1) is 13.7. The number of hydrogen-bond donors (Lipinski definition) is 0. The zero-order valence-electron chi connectivity index (χ0n) is 18.2. The van der Waals surface area contributed by atoms with Crippen LogP contribution < -0.4 is 0 Å². The highest BCUT2D eigenvalue weighted by Gasteiger charge is 2.56. The lowest BCUT2D eigenvalue weighted by Gasteiger charge is -2.60. The van der Waals surface area contributed by atoms with Gasteiger partial charge in [0.15, 0.2) is 0 Å². The number of allylic oxidation sites excluding steroid dienone is 5. The number of rotatable bonds is 5. The van der Waals surface area contributed by atoms with Crippen LogP contribution in [-0.4, -0.2) is 41.0 Å². The van der Waals surface area contributed by atoms with Crippen LogP contribution in [-0.2, 0) is 0 Å². The molecule has 28 heavy (non-hydrogen) atoms. The number of nitrogens with zero attached hydrogens (tertiary/aromatic N) is 1. The van der Waals surface area contributed by atoms with E-state index < -0.39 is 0 Å². The van der Waals surface area contributed by atoms with E-state index in [-0.39, 0.29) is 18.6 Å². The van der Waals surface area contributed by atoms with Gasteiger partial charge in [-0.1, -0.05) is 95.1 Å². The van der Waals surface area contributed by atoms with E-state index >= 15 is 0 Å². The summed E-state index contributed by atoms with van der Waals surface area (Å²) in [6.07, 6.45) is 36.7. The van der Waals surface area contributed by atoms with Gasteiger partial charge in [0.25, 0.3) is 0 Å². The van der Waals surface area contributed by atoms with E-state index in [9.17, 15) is 0 Å². The summed E-state index contributed by atoms with van der Waals surface area (Å²) in [7, 11) is 4.61. The highest BCUT2D eigenvalue weighted by atomic mass is 31.1. The van der Waals surface area contributed by atoms with Gasteiger partial charge in [0.05, 0.1) is 5.54 Å². The van der Waals surface area contributed by atoms with E-state index in [2.05, 4.69) is 67.6 Å². The third-order valence-corrected chi connectivity index (χ3v) is 12.3. The van der Waals surface area contributed by atoms with Crippen molar-refractivity contribution in [3.05, 3.63) is 48.6 Å². The summed E-state index contributed by atoms with van der Waals surface area (Å²) < 4.78 is 0. The van der Waals surface area contributed by atoms with Crippen LogP contribution in [0, 0.1) is 0 Å². The SMILES string of the molecule is CN(C)C1(C2(P(C3CCCCC3)C3CCCCC3)C=CC=CC2)C=CC=CC1. The van der Waals surface area contributed by atoms with Gasteiger partial charge < -0.3 is 0 Å². The molecular weight excluding hydrogens is 357 g/mol. The Hall–Kier alpha value is -0.650. The molecule has 0 aromatic carbocycles. The van der Waals surface area contributed by atoms with Gasteiger partial charge in [-0.25, -0.2) is 0 Å². The first-order valence-corrected chi connectivity index (χ1v) is 13.3. The van der Waals surface area contributed by atoms with Gasteiger partial charge in [0.1, 0.15) is 0 Å². The number of hydrogen-bond acceptors (Lipinski definition) is 1. The largest absolute Gasteiger partial charge is 0.299 e. The first kappa shape index (κ1) is 20.6. The molecule has 154 valence electrons. The Morgan fingerprint density at radius 1 is 0.679 bits per heavy atom. The van der Waals surface area contributed by atoms with Crippen LogP contribution in [0.5, 0.6) is 0 Å². The second-order valence-electron chi connectivity index (χ2n) is 9.72. The van der Waals surface area contributed by atoms with Crippen LogP contribution in [0.15, 0.2) is 48.6 Å². The fourth-order valence-corrected chi connectivity index (χ4v) is 11.8. The summed E-state index contributed by atoms with van der Waals surface area (Å²) in [5.74, 6) is 0.